The van der Waals surface area contributed by atoms with Gasteiger partial charge in [-0.25, -0.2) is 0 Å². The zero-order valence-corrected chi connectivity index (χ0v) is 23.1. The largest absolute Gasteiger partial charge is 0.311 e. The lowest BCUT2D eigenvalue weighted by molar-refractivity contribution is 1.28. The van der Waals surface area contributed by atoms with Crippen LogP contribution in [0.4, 0.5) is 17.1 Å². The van der Waals surface area contributed by atoms with Crippen molar-refractivity contribution in [3.8, 4) is 51.6 Å². The van der Waals surface area contributed by atoms with Crippen LogP contribution in [0.3, 0.4) is 0 Å². The molecule has 6 aromatic carbocycles. The topological polar surface area (TPSA) is 74.6 Å². The van der Waals surface area contributed by atoms with Crippen molar-refractivity contribution < 1.29 is 0 Å². The van der Waals surface area contributed by atoms with Gasteiger partial charge in [-0.3, -0.25) is 0 Å². The van der Waals surface area contributed by atoms with Gasteiger partial charge in [0.05, 0.1) is 34.9 Å². The highest BCUT2D eigenvalue weighted by molar-refractivity contribution is 5.81. The number of hydrogen-bond donors (Lipinski definition) is 0. The molecular formula is C39H24N4. The van der Waals surface area contributed by atoms with E-state index in [-0.39, 0.29) is 0 Å². The molecule has 200 valence electrons. The van der Waals surface area contributed by atoms with E-state index in [2.05, 4.69) is 95.9 Å². The molecule has 0 aliphatic rings. The van der Waals surface area contributed by atoms with Crippen LogP contribution in [0.5, 0.6) is 0 Å². The average Bonchev–Trinajstić information content (AvgIpc) is 3.09. The molecule has 0 bridgehead atoms. The van der Waals surface area contributed by atoms with Crippen LogP contribution in [0.25, 0.3) is 33.4 Å². The van der Waals surface area contributed by atoms with E-state index in [1.165, 1.54) is 0 Å². The first-order valence-electron chi connectivity index (χ1n) is 13.8. The number of nitriles is 3. The minimum absolute atomic E-state index is 0.631. The van der Waals surface area contributed by atoms with Crippen molar-refractivity contribution in [3.05, 3.63) is 162 Å². The van der Waals surface area contributed by atoms with Crippen LogP contribution in [-0.4, -0.2) is 0 Å². The summed E-state index contributed by atoms with van der Waals surface area (Å²) in [4.78, 5) is 2.20. The van der Waals surface area contributed by atoms with Gasteiger partial charge in [0.2, 0.25) is 0 Å². The molecule has 4 heteroatoms. The second-order valence-corrected chi connectivity index (χ2v) is 10.1. The minimum Gasteiger partial charge on any atom is -0.311 e. The predicted molar refractivity (Wildman–Crippen MR) is 172 cm³/mol. The third-order valence-corrected chi connectivity index (χ3v) is 7.37. The molecule has 0 saturated heterocycles. The van der Waals surface area contributed by atoms with Gasteiger partial charge >= 0.3 is 0 Å². The molecule has 4 nitrogen and oxygen atoms in total. The summed E-state index contributed by atoms with van der Waals surface area (Å²) in [5.41, 5.74) is 11.0. The summed E-state index contributed by atoms with van der Waals surface area (Å²) < 4.78 is 0. The zero-order valence-electron chi connectivity index (χ0n) is 23.1. The lowest BCUT2D eigenvalue weighted by Crippen LogP contribution is -2.09. The number of benzene rings is 6. The van der Waals surface area contributed by atoms with Crippen molar-refractivity contribution in [2.45, 2.75) is 0 Å². The SMILES string of the molecule is N#Cc1ccc(-c2ccc(N(c3ccc(-c4cccc(C#N)c4)cc3)c3ccc(-c4cccc(C#N)c4)cc3)cc2)cc1. The summed E-state index contributed by atoms with van der Waals surface area (Å²) in [7, 11) is 0. The van der Waals surface area contributed by atoms with Crippen molar-refractivity contribution in [1.29, 1.82) is 15.8 Å². The first-order valence-corrected chi connectivity index (χ1v) is 13.8. The Hall–Kier alpha value is -6.41. The standard InChI is InChI=1S/C39H24N4/c40-25-28-7-9-31(10-8-28)32-11-17-37(18-12-32)43(38-19-13-33(14-20-38)35-5-1-3-29(23-35)26-41)39-21-15-34(16-22-39)36-6-2-4-30(24-36)27-42/h1-24H. The van der Waals surface area contributed by atoms with Crippen LogP contribution < -0.4 is 4.90 Å². The summed E-state index contributed by atoms with van der Waals surface area (Å²) in [6.07, 6.45) is 0. The fourth-order valence-electron chi connectivity index (χ4n) is 5.13. The molecule has 0 heterocycles. The van der Waals surface area contributed by atoms with E-state index in [0.717, 1.165) is 50.4 Å². The summed E-state index contributed by atoms with van der Waals surface area (Å²) in [6.45, 7) is 0. The molecular weight excluding hydrogens is 524 g/mol. The smallest absolute Gasteiger partial charge is 0.0991 e. The second-order valence-electron chi connectivity index (χ2n) is 10.1. The van der Waals surface area contributed by atoms with Crippen molar-refractivity contribution in [3.63, 3.8) is 0 Å². The lowest BCUT2D eigenvalue weighted by Gasteiger charge is -2.26. The molecule has 0 spiro atoms. The summed E-state index contributed by atoms with van der Waals surface area (Å²) in [5, 5.41) is 27.8. The van der Waals surface area contributed by atoms with Crippen molar-refractivity contribution >= 4 is 17.1 Å². The Morgan fingerprint density at radius 3 is 1.00 bits per heavy atom. The highest BCUT2D eigenvalue weighted by Crippen LogP contribution is 2.37. The molecule has 0 atom stereocenters. The third kappa shape index (κ3) is 5.75. The molecule has 0 radical (unpaired) electrons. The molecule has 0 amide bonds. The molecule has 6 rings (SSSR count). The monoisotopic (exact) mass is 548 g/mol. The first kappa shape index (κ1) is 26.8. The molecule has 0 unspecified atom stereocenters. The van der Waals surface area contributed by atoms with E-state index in [1.54, 1.807) is 12.1 Å². The van der Waals surface area contributed by atoms with Crippen LogP contribution >= 0.6 is 0 Å². The van der Waals surface area contributed by atoms with Crippen LogP contribution in [0.15, 0.2) is 146 Å². The number of nitrogens with zero attached hydrogens (tertiary/aromatic N) is 4. The van der Waals surface area contributed by atoms with Crippen molar-refractivity contribution in [1.82, 2.24) is 0 Å². The van der Waals surface area contributed by atoms with E-state index in [9.17, 15) is 10.5 Å². The quantitative estimate of drug-likeness (QED) is 0.208. The lowest BCUT2D eigenvalue weighted by atomic mass is 10.0. The Bertz CT molecular complexity index is 1920. The normalized spacial score (nSPS) is 10.3. The summed E-state index contributed by atoms with van der Waals surface area (Å²) in [5.74, 6) is 0. The van der Waals surface area contributed by atoms with Gasteiger partial charge in [0, 0.05) is 17.1 Å². The molecule has 0 aliphatic carbocycles. The Morgan fingerprint density at radius 2 is 0.651 bits per heavy atom. The average molecular weight is 549 g/mol. The van der Waals surface area contributed by atoms with Crippen LogP contribution in [-0.2, 0) is 0 Å². The van der Waals surface area contributed by atoms with Crippen LogP contribution in [0.1, 0.15) is 16.7 Å². The second kappa shape index (κ2) is 12.0. The molecule has 0 fully saturated rings. The summed E-state index contributed by atoms with van der Waals surface area (Å²) in [6, 6.07) is 54.5. The highest BCUT2D eigenvalue weighted by Gasteiger charge is 2.14. The van der Waals surface area contributed by atoms with Gasteiger partial charge in [-0.05, 0) is 106 Å². The van der Waals surface area contributed by atoms with E-state index in [4.69, 9.17) is 5.26 Å². The predicted octanol–water partition coefficient (Wildman–Crippen LogP) is 9.77. The molecule has 0 aromatic heterocycles. The minimum atomic E-state index is 0.631. The van der Waals surface area contributed by atoms with Gasteiger partial charge < -0.3 is 4.90 Å². The Kier molecular flexibility index (Phi) is 7.47. The van der Waals surface area contributed by atoms with E-state index in [1.807, 2.05) is 60.7 Å². The molecule has 6 aromatic rings. The van der Waals surface area contributed by atoms with Gasteiger partial charge in [0.15, 0.2) is 0 Å². The first-order chi connectivity index (χ1) is 21.1. The number of rotatable bonds is 6. The molecule has 0 saturated carbocycles. The van der Waals surface area contributed by atoms with Gasteiger partial charge in [0.25, 0.3) is 0 Å². The third-order valence-electron chi connectivity index (χ3n) is 7.37. The van der Waals surface area contributed by atoms with Gasteiger partial charge in [-0.1, -0.05) is 72.8 Å². The number of anilines is 3. The van der Waals surface area contributed by atoms with Crippen molar-refractivity contribution in [2.75, 3.05) is 4.90 Å². The van der Waals surface area contributed by atoms with Crippen LogP contribution in [0, 0.1) is 34.0 Å². The Morgan fingerprint density at radius 1 is 0.326 bits per heavy atom. The molecule has 0 aliphatic heterocycles. The van der Waals surface area contributed by atoms with E-state index >= 15 is 0 Å². The van der Waals surface area contributed by atoms with Crippen molar-refractivity contribution in [2.24, 2.45) is 0 Å². The highest BCUT2D eigenvalue weighted by atomic mass is 15.1. The van der Waals surface area contributed by atoms with E-state index < -0.39 is 0 Å². The number of hydrogen-bond acceptors (Lipinski definition) is 4. The Labute approximate surface area is 251 Å². The van der Waals surface area contributed by atoms with Crippen LogP contribution in [0.2, 0.25) is 0 Å². The fourth-order valence-corrected chi connectivity index (χ4v) is 5.13. The van der Waals surface area contributed by atoms with Gasteiger partial charge in [0.1, 0.15) is 0 Å². The Balaban J connectivity index is 1.38. The van der Waals surface area contributed by atoms with E-state index in [0.29, 0.717) is 16.7 Å². The summed E-state index contributed by atoms with van der Waals surface area (Å²) >= 11 is 0. The van der Waals surface area contributed by atoms with Gasteiger partial charge in [-0.2, -0.15) is 15.8 Å². The molecule has 43 heavy (non-hydrogen) atoms. The molecule has 0 N–H and O–H groups in total. The maximum Gasteiger partial charge on any atom is 0.0991 e. The maximum absolute atomic E-state index is 9.33. The fraction of sp³-hybridized carbons (Fsp3) is 0. The van der Waals surface area contributed by atoms with Gasteiger partial charge in [-0.15, -0.1) is 0 Å². The zero-order chi connectivity index (χ0) is 29.6. The maximum atomic E-state index is 9.33.